The van der Waals surface area contributed by atoms with Gasteiger partial charge in [-0.05, 0) is 19.3 Å². The molecule has 2 N–H and O–H groups in total. The first-order valence-electron chi connectivity index (χ1n) is 5.31. The number of piperidine rings is 1. The maximum Gasteiger partial charge on any atom is 0.240 e. The number of anilines is 1. The van der Waals surface area contributed by atoms with Crippen LogP contribution in [0.3, 0.4) is 0 Å². The molecule has 17 heavy (non-hydrogen) atoms. The fourth-order valence-corrected chi connectivity index (χ4v) is 3.09. The molecule has 0 radical (unpaired) electrons. The van der Waals surface area contributed by atoms with Crippen LogP contribution in [0.15, 0.2) is 0 Å². The molecule has 0 spiro atoms. The average molecular weight is 274 g/mol. The van der Waals surface area contributed by atoms with Crippen LogP contribution in [0.4, 0.5) is 5.13 Å². The summed E-state index contributed by atoms with van der Waals surface area (Å²) in [5.41, 5.74) is 5.37. The van der Waals surface area contributed by atoms with E-state index in [1.54, 1.807) is 0 Å². The number of carbonyl (C=O) groups excluding carboxylic acids is 2. The van der Waals surface area contributed by atoms with Crippen molar-refractivity contribution < 1.29 is 9.59 Å². The number of amides is 1. The second-order valence-electron chi connectivity index (χ2n) is 3.88. The van der Waals surface area contributed by atoms with Gasteiger partial charge in [-0.1, -0.05) is 22.9 Å². The van der Waals surface area contributed by atoms with E-state index in [1.165, 1.54) is 11.3 Å². The lowest BCUT2D eigenvalue weighted by molar-refractivity contribution is -0.119. The Morgan fingerprint density at radius 1 is 1.59 bits per heavy atom. The van der Waals surface area contributed by atoms with Crippen molar-refractivity contribution in [3.8, 4) is 0 Å². The van der Waals surface area contributed by atoms with Crippen LogP contribution in [-0.4, -0.2) is 29.8 Å². The van der Waals surface area contributed by atoms with Gasteiger partial charge in [-0.25, -0.2) is 4.98 Å². The van der Waals surface area contributed by atoms with E-state index >= 15 is 0 Å². The Morgan fingerprint density at radius 2 is 2.35 bits per heavy atom. The third-order valence-corrected chi connectivity index (χ3v) is 4.20. The van der Waals surface area contributed by atoms with Gasteiger partial charge in [0.15, 0.2) is 16.6 Å². The zero-order valence-corrected chi connectivity index (χ0v) is 10.6. The molecule has 0 bridgehead atoms. The molecule has 2 rings (SSSR count). The molecule has 1 amide bonds. The van der Waals surface area contributed by atoms with E-state index in [2.05, 4.69) is 4.98 Å². The number of hydrogen-bond acceptors (Lipinski definition) is 5. The molecule has 7 heteroatoms. The number of hydrogen-bond donors (Lipinski definition) is 1. The number of aldehydes is 1. The van der Waals surface area contributed by atoms with Crippen LogP contribution in [0.5, 0.6) is 0 Å². The lowest BCUT2D eigenvalue weighted by atomic mass is 10.0. The van der Waals surface area contributed by atoms with Crippen LogP contribution in [0.1, 0.15) is 28.9 Å². The third kappa shape index (κ3) is 2.42. The maximum absolute atomic E-state index is 11.4. The van der Waals surface area contributed by atoms with Crippen LogP contribution >= 0.6 is 22.9 Å². The highest BCUT2D eigenvalue weighted by atomic mass is 35.5. The Kier molecular flexibility index (Phi) is 3.63. The maximum atomic E-state index is 11.4. The van der Waals surface area contributed by atoms with Gasteiger partial charge in [-0.2, -0.15) is 0 Å². The van der Waals surface area contributed by atoms with Crippen molar-refractivity contribution in [3.05, 3.63) is 10.0 Å². The van der Waals surface area contributed by atoms with Gasteiger partial charge in [0.25, 0.3) is 0 Å². The molecular formula is C10H12ClN3O2S. The molecule has 1 saturated heterocycles. The second-order valence-corrected chi connectivity index (χ2v) is 5.24. The largest absolute Gasteiger partial charge is 0.368 e. The van der Waals surface area contributed by atoms with Crippen molar-refractivity contribution in [3.63, 3.8) is 0 Å². The zero-order valence-electron chi connectivity index (χ0n) is 9.06. The predicted octanol–water partition coefficient (Wildman–Crippen LogP) is 1.45. The Balaban J connectivity index is 2.29. The average Bonchev–Trinajstić information content (AvgIpc) is 2.70. The summed E-state index contributed by atoms with van der Waals surface area (Å²) < 4.78 is 0. The fourth-order valence-electron chi connectivity index (χ4n) is 1.95. The molecule has 1 aromatic rings. The molecular weight excluding hydrogens is 262 g/mol. The zero-order chi connectivity index (χ0) is 12.4. The van der Waals surface area contributed by atoms with Gasteiger partial charge >= 0.3 is 0 Å². The van der Waals surface area contributed by atoms with Gasteiger partial charge in [0, 0.05) is 6.54 Å². The summed E-state index contributed by atoms with van der Waals surface area (Å²) in [6.07, 6.45) is 3.36. The van der Waals surface area contributed by atoms with Crippen LogP contribution < -0.4 is 10.6 Å². The Bertz CT molecular complexity index is 449. The first kappa shape index (κ1) is 12.3. The number of rotatable bonds is 3. The van der Waals surface area contributed by atoms with Crippen molar-refractivity contribution >= 4 is 40.3 Å². The first-order valence-corrected chi connectivity index (χ1v) is 6.50. The van der Waals surface area contributed by atoms with E-state index in [0.29, 0.717) is 16.3 Å². The molecule has 1 fully saturated rings. The normalized spacial score (nSPS) is 20.3. The fraction of sp³-hybridized carbons (Fsp3) is 0.500. The molecule has 92 valence electrons. The van der Waals surface area contributed by atoms with Gasteiger partial charge in [0.2, 0.25) is 5.91 Å². The minimum atomic E-state index is -0.358. The Labute approximate surface area is 108 Å². The van der Waals surface area contributed by atoms with Crippen molar-refractivity contribution in [2.24, 2.45) is 5.73 Å². The van der Waals surface area contributed by atoms with E-state index in [1.807, 2.05) is 4.90 Å². The Hall–Kier alpha value is -1.14. The topological polar surface area (TPSA) is 76.3 Å². The molecule has 1 unspecified atom stereocenters. The number of nitrogens with two attached hydrogens (primary N) is 1. The summed E-state index contributed by atoms with van der Waals surface area (Å²) in [6, 6.07) is -0.342. The number of aromatic nitrogens is 1. The molecule has 1 atom stereocenters. The van der Waals surface area contributed by atoms with Crippen molar-refractivity contribution in [1.29, 1.82) is 0 Å². The van der Waals surface area contributed by atoms with E-state index in [9.17, 15) is 9.59 Å². The standard InChI is InChI=1S/C10H12ClN3O2S/c11-8-7(5-15)17-10(13-8)14-4-2-1-3-6(14)9(12)16/h5-6H,1-4H2,(H2,12,16). The first-order chi connectivity index (χ1) is 8.13. The minimum absolute atomic E-state index is 0.189. The highest BCUT2D eigenvalue weighted by molar-refractivity contribution is 7.17. The lowest BCUT2D eigenvalue weighted by Gasteiger charge is -2.33. The van der Waals surface area contributed by atoms with Gasteiger partial charge in [0.1, 0.15) is 10.9 Å². The van der Waals surface area contributed by atoms with E-state index < -0.39 is 0 Å². The predicted molar refractivity (Wildman–Crippen MR) is 66.7 cm³/mol. The molecule has 0 aliphatic carbocycles. The van der Waals surface area contributed by atoms with E-state index in [4.69, 9.17) is 17.3 Å². The highest BCUT2D eigenvalue weighted by Crippen LogP contribution is 2.32. The monoisotopic (exact) mass is 273 g/mol. The molecule has 1 aliphatic heterocycles. The quantitative estimate of drug-likeness (QED) is 0.846. The van der Waals surface area contributed by atoms with Crippen LogP contribution in [0, 0.1) is 0 Å². The molecule has 1 aliphatic rings. The van der Waals surface area contributed by atoms with Gasteiger partial charge in [-0.3, -0.25) is 9.59 Å². The number of halogens is 1. The number of primary amides is 1. The number of thiazole rings is 1. The van der Waals surface area contributed by atoms with Gasteiger partial charge in [-0.15, -0.1) is 0 Å². The molecule has 1 aromatic heterocycles. The summed E-state index contributed by atoms with van der Waals surface area (Å²) in [4.78, 5) is 28.4. The summed E-state index contributed by atoms with van der Waals surface area (Å²) in [5.74, 6) is -0.358. The molecule has 2 heterocycles. The van der Waals surface area contributed by atoms with Crippen LogP contribution in [0.2, 0.25) is 5.15 Å². The summed E-state index contributed by atoms with van der Waals surface area (Å²) in [7, 11) is 0. The summed E-state index contributed by atoms with van der Waals surface area (Å²) in [6.45, 7) is 0.718. The molecule has 5 nitrogen and oxygen atoms in total. The molecule has 0 aromatic carbocycles. The van der Waals surface area contributed by atoms with Crippen molar-refractivity contribution in [1.82, 2.24) is 4.98 Å². The second kappa shape index (κ2) is 5.01. The summed E-state index contributed by atoms with van der Waals surface area (Å²) >= 11 is 7.01. The molecule has 0 saturated carbocycles. The minimum Gasteiger partial charge on any atom is -0.368 e. The van der Waals surface area contributed by atoms with E-state index in [-0.39, 0.29) is 17.1 Å². The lowest BCUT2D eigenvalue weighted by Crippen LogP contribution is -2.47. The Morgan fingerprint density at radius 3 is 2.94 bits per heavy atom. The smallest absolute Gasteiger partial charge is 0.240 e. The summed E-state index contributed by atoms with van der Waals surface area (Å²) in [5, 5.41) is 0.786. The van der Waals surface area contributed by atoms with Crippen molar-refractivity contribution in [2.75, 3.05) is 11.4 Å². The number of nitrogens with zero attached hydrogens (tertiary/aromatic N) is 2. The van der Waals surface area contributed by atoms with Gasteiger partial charge in [0.05, 0.1) is 0 Å². The SMILES string of the molecule is NC(=O)C1CCCCN1c1nc(Cl)c(C=O)s1. The van der Waals surface area contributed by atoms with Crippen LogP contribution in [-0.2, 0) is 4.79 Å². The van der Waals surface area contributed by atoms with Crippen LogP contribution in [0.25, 0.3) is 0 Å². The van der Waals surface area contributed by atoms with Crippen molar-refractivity contribution in [2.45, 2.75) is 25.3 Å². The third-order valence-electron chi connectivity index (χ3n) is 2.78. The number of carbonyl (C=O) groups is 2. The highest BCUT2D eigenvalue weighted by Gasteiger charge is 2.29. The van der Waals surface area contributed by atoms with E-state index in [0.717, 1.165) is 25.8 Å². The van der Waals surface area contributed by atoms with Gasteiger partial charge < -0.3 is 10.6 Å².